The molecule has 0 aliphatic carbocycles. The molecule has 1 atom stereocenters. The SMILES string of the molecule is N#Cc1ccc(C(=O)N[C@H](Cc2ccccc2Br)C(N)=O)cc1. The Morgan fingerprint density at radius 3 is 2.39 bits per heavy atom. The summed E-state index contributed by atoms with van der Waals surface area (Å²) in [6, 6.07) is 14.7. The van der Waals surface area contributed by atoms with E-state index in [2.05, 4.69) is 21.2 Å². The molecule has 2 rings (SSSR count). The zero-order chi connectivity index (χ0) is 16.8. The van der Waals surface area contributed by atoms with Crippen LogP contribution in [-0.2, 0) is 11.2 Å². The molecule has 0 radical (unpaired) electrons. The second-order valence-electron chi connectivity index (χ2n) is 4.91. The largest absolute Gasteiger partial charge is 0.368 e. The highest BCUT2D eigenvalue weighted by molar-refractivity contribution is 9.10. The van der Waals surface area contributed by atoms with Gasteiger partial charge in [0.1, 0.15) is 6.04 Å². The molecule has 0 aliphatic heterocycles. The van der Waals surface area contributed by atoms with Crippen molar-refractivity contribution in [3.05, 3.63) is 69.7 Å². The third kappa shape index (κ3) is 4.41. The quantitative estimate of drug-likeness (QED) is 0.842. The summed E-state index contributed by atoms with van der Waals surface area (Å²) in [7, 11) is 0. The molecule has 0 saturated heterocycles. The zero-order valence-electron chi connectivity index (χ0n) is 12.1. The molecule has 0 unspecified atom stereocenters. The predicted octanol–water partition coefficient (Wildman–Crippen LogP) is 2.15. The van der Waals surface area contributed by atoms with E-state index in [9.17, 15) is 9.59 Å². The lowest BCUT2D eigenvalue weighted by Gasteiger charge is -2.16. The van der Waals surface area contributed by atoms with Crippen LogP contribution < -0.4 is 11.1 Å². The van der Waals surface area contributed by atoms with Gasteiger partial charge in [0.25, 0.3) is 5.91 Å². The topological polar surface area (TPSA) is 96.0 Å². The van der Waals surface area contributed by atoms with Crippen molar-refractivity contribution in [1.29, 1.82) is 5.26 Å². The fourth-order valence-electron chi connectivity index (χ4n) is 2.04. The molecule has 0 saturated carbocycles. The van der Waals surface area contributed by atoms with Gasteiger partial charge in [-0.1, -0.05) is 34.1 Å². The van der Waals surface area contributed by atoms with E-state index in [4.69, 9.17) is 11.0 Å². The van der Waals surface area contributed by atoms with Gasteiger partial charge in [-0.3, -0.25) is 9.59 Å². The lowest BCUT2D eigenvalue weighted by Crippen LogP contribution is -2.45. The van der Waals surface area contributed by atoms with Gasteiger partial charge in [-0.25, -0.2) is 0 Å². The van der Waals surface area contributed by atoms with Gasteiger partial charge in [0.05, 0.1) is 11.6 Å². The molecule has 0 spiro atoms. The molecule has 6 heteroatoms. The summed E-state index contributed by atoms with van der Waals surface area (Å²) in [5.41, 5.74) is 7.09. The number of halogens is 1. The summed E-state index contributed by atoms with van der Waals surface area (Å²) in [5.74, 6) is -1.02. The molecule has 3 N–H and O–H groups in total. The van der Waals surface area contributed by atoms with Gasteiger partial charge in [-0.15, -0.1) is 0 Å². The Kier molecular flexibility index (Phi) is 5.50. The fraction of sp³-hybridized carbons (Fsp3) is 0.118. The molecule has 5 nitrogen and oxygen atoms in total. The molecular formula is C17H14BrN3O2. The zero-order valence-corrected chi connectivity index (χ0v) is 13.7. The fourth-order valence-corrected chi connectivity index (χ4v) is 2.49. The van der Waals surface area contributed by atoms with Gasteiger partial charge in [0.15, 0.2) is 0 Å². The number of hydrogen-bond donors (Lipinski definition) is 2. The van der Waals surface area contributed by atoms with E-state index in [0.29, 0.717) is 17.5 Å². The number of amides is 2. The highest BCUT2D eigenvalue weighted by Gasteiger charge is 2.20. The minimum Gasteiger partial charge on any atom is -0.368 e. The maximum absolute atomic E-state index is 12.2. The van der Waals surface area contributed by atoms with Crippen LogP contribution in [0.2, 0.25) is 0 Å². The van der Waals surface area contributed by atoms with Crippen LogP contribution in [0.3, 0.4) is 0 Å². The molecular weight excluding hydrogens is 358 g/mol. The second-order valence-corrected chi connectivity index (χ2v) is 5.77. The van der Waals surface area contributed by atoms with Crippen LogP contribution >= 0.6 is 15.9 Å². The number of rotatable bonds is 5. The number of nitrogens with two attached hydrogens (primary N) is 1. The predicted molar refractivity (Wildman–Crippen MR) is 89.5 cm³/mol. The van der Waals surface area contributed by atoms with Gasteiger partial charge in [-0.05, 0) is 35.9 Å². The number of carbonyl (C=O) groups is 2. The van der Waals surface area contributed by atoms with Crippen molar-refractivity contribution in [1.82, 2.24) is 5.32 Å². The maximum atomic E-state index is 12.2. The minimum absolute atomic E-state index is 0.290. The highest BCUT2D eigenvalue weighted by atomic mass is 79.9. The number of nitriles is 1. The highest BCUT2D eigenvalue weighted by Crippen LogP contribution is 2.17. The van der Waals surface area contributed by atoms with E-state index < -0.39 is 17.9 Å². The average molecular weight is 372 g/mol. The molecule has 2 amide bonds. The first-order chi connectivity index (χ1) is 11.0. The third-order valence-electron chi connectivity index (χ3n) is 3.31. The summed E-state index contributed by atoms with van der Waals surface area (Å²) in [6.07, 6.45) is 0.290. The Hall–Kier alpha value is -2.65. The van der Waals surface area contributed by atoms with Crippen LogP contribution in [0.25, 0.3) is 0 Å². The average Bonchev–Trinajstić information content (AvgIpc) is 2.56. The number of nitrogens with one attached hydrogen (secondary N) is 1. The van der Waals surface area contributed by atoms with Gasteiger partial charge in [0, 0.05) is 16.5 Å². The van der Waals surface area contributed by atoms with Crippen LogP contribution in [0.15, 0.2) is 53.0 Å². The third-order valence-corrected chi connectivity index (χ3v) is 4.08. The van der Waals surface area contributed by atoms with Crippen molar-refractivity contribution in [2.45, 2.75) is 12.5 Å². The van der Waals surface area contributed by atoms with Crippen molar-refractivity contribution in [3.8, 4) is 6.07 Å². The smallest absolute Gasteiger partial charge is 0.251 e. The lowest BCUT2D eigenvalue weighted by molar-refractivity contribution is -0.119. The summed E-state index contributed by atoms with van der Waals surface area (Å²) in [4.78, 5) is 23.9. The first-order valence-corrected chi connectivity index (χ1v) is 7.64. The normalized spacial score (nSPS) is 11.3. The standard InChI is InChI=1S/C17H14BrN3O2/c18-14-4-2-1-3-13(14)9-15(16(20)22)21-17(23)12-7-5-11(10-19)6-8-12/h1-8,15H,9H2,(H2,20,22)(H,21,23)/t15-/m1/s1. The number of hydrogen-bond acceptors (Lipinski definition) is 3. The first-order valence-electron chi connectivity index (χ1n) is 6.85. The van der Waals surface area contributed by atoms with Crippen molar-refractivity contribution in [2.24, 2.45) is 5.73 Å². The maximum Gasteiger partial charge on any atom is 0.251 e. The summed E-state index contributed by atoms with van der Waals surface area (Å²) in [5, 5.41) is 11.4. The molecule has 0 aromatic heterocycles. The van der Waals surface area contributed by atoms with E-state index in [1.165, 1.54) is 12.1 Å². The minimum atomic E-state index is -0.822. The number of primary amides is 1. The van der Waals surface area contributed by atoms with Gasteiger partial charge >= 0.3 is 0 Å². The van der Waals surface area contributed by atoms with E-state index in [-0.39, 0.29) is 0 Å². The van der Waals surface area contributed by atoms with Gasteiger partial charge in [0.2, 0.25) is 5.91 Å². The first kappa shape index (κ1) is 16.7. The molecule has 0 heterocycles. The molecule has 2 aromatic carbocycles. The van der Waals surface area contributed by atoms with Crippen LogP contribution in [0.5, 0.6) is 0 Å². The lowest BCUT2D eigenvalue weighted by atomic mass is 10.0. The Balaban J connectivity index is 2.13. The van der Waals surface area contributed by atoms with E-state index in [0.717, 1.165) is 10.0 Å². The number of nitrogens with zero attached hydrogens (tertiary/aromatic N) is 1. The summed E-state index contributed by atoms with van der Waals surface area (Å²) in [6.45, 7) is 0. The number of carbonyl (C=O) groups excluding carboxylic acids is 2. The van der Waals surface area contributed by atoms with Crippen LogP contribution in [0.4, 0.5) is 0 Å². The van der Waals surface area contributed by atoms with E-state index in [1.54, 1.807) is 12.1 Å². The van der Waals surface area contributed by atoms with Crippen LogP contribution in [0, 0.1) is 11.3 Å². The summed E-state index contributed by atoms with van der Waals surface area (Å²) < 4.78 is 0.846. The Morgan fingerprint density at radius 1 is 1.17 bits per heavy atom. The molecule has 23 heavy (non-hydrogen) atoms. The van der Waals surface area contributed by atoms with E-state index in [1.807, 2.05) is 30.3 Å². The molecule has 0 bridgehead atoms. The Morgan fingerprint density at radius 2 is 1.83 bits per heavy atom. The van der Waals surface area contributed by atoms with Crippen molar-refractivity contribution in [3.63, 3.8) is 0 Å². The van der Waals surface area contributed by atoms with Gasteiger partial charge < -0.3 is 11.1 Å². The monoisotopic (exact) mass is 371 g/mol. The van der Waals surface area contributed by atoms with E-state index >= 15 is 0 Å². The Labute approximate surface area is 142 Å². The summed E-state index contributed by atoms with van der Waals surface area (Å²) >= 11 is 3.41. The second kappa shape index (κ2) is 7.56. The molecule has 0 fully saturated rings. The van der Waals surface area contributed by atoms with Crippen LogP contribution in [-0.4, -0.2) is 17.9 Å². The molecule has 0 aliphatic rings. The van der Waals surface area contributed by atoms with Crippen molar-refractivity contribution in [2.75, 3.05) is 0 Å². The van der Waals surface area contributed by atoms with Crippen molar-refractivity contribution >= 4 is 27.7 Å². The molecule has 116 valence electrons. The van der Waals surface area contributed by atoms with Crippen LogP contribution in [0.1, 0.15) is 21.5 Å². The molecule has 2 aromatic rings. The van der Waals surface area contributed by atoms with Crippen molar-refractivity contribution < 1.29 is 9.59 Å². The Bertz CT molecular complexity index is 766. The number of benzene rings is 2. The van der Waals surface area contributed by atoms with Gasteiger partial charge in [-0.2, -0.15) is 5.26 Å².